The molecule has 2 N–H and O–H groups in total. The molecule has 1 aromatic rings. The first-order valence-electron chi connectivity index (χ1n) is 7.18. The summed E-state index contributed by atoms with van der Waals surface area (Å²) in [5, 5.41) is 22.4. The smallest absolute Gasteiger partial charge is 0.294 e. The quantitative estimate of drug-likeness (QED) is 0.504. The van der Waals surface area contributed by atoms with Crippen LogP contribution in [0.15, 0.2) is 24.3 Å². The van der Waals surface area contributed by atoms with Crippen LogP contribution in [0, 0.1) is 17.0 Å². The summed E-state index contributed by atoms with van der Waals surface area (Å²) >= 11 is 0. The minimum Gasteiger partial charge on any atom is -0.491 e. The molecule has 0 aliphatic carbocycles. The van der Waals surface area contributed by atoms with Crippen LogP contribution in [-0.4, -0.2) is 41.6 Å². The molecule has 0 heterocycles. The third kappa shape index (κ3) is 7.80. The van der Waals surface area contributed by atoms with E-state index in [0.717, 1.165) is 11.3 Å². The van der Waals surface area contributed by atoms with Crippen molar-refractivity contribution in [2.45, 2.75) is 38.8 Å². The van der Waals surface area contributed by atoms with Crippen LogP contribution in [0.2, 0.25) is 0 Å². The second-order valence-corrected chi connectivity index (χ2v) is 5.85. The van der Waals surface area contributed by atoms with Gasteiger partial charge in [0.15, 0.2) is 0 Å². The summed E-state index contributed by atoms with van der Waals surface area (Å²) < 4.78 is 5.52. The monoisotopic (exact) mass is 312 g/mol. The summed E-state index contributed by atoms with van der Waals surface area (Å²) in [6.07, 6.45) is -0.212. The first kappa shape index (κ1) is 18.2. The van der Waals surface area contributed by atoms with Crippen LogP contribution < -0.4 is 10.1 Å². The van der Waals surface area contributed by atoms with Crippen molar-refractivity contribution < 1.29 is 19.8 Å². The Kier molecular flexibility index (Phi) is 7.07. The van der Waals surface area contributed by atoms with Crippen molar-refractivity contribution in [3.63, 3.8) is 0 Å². The van der Waals surface area contributed by atoms with Gasteiger partial charge in [-0.2, -0.15) is 0 Å². The molecule has 0 saturated heterocycles. The van der Waals surface area contributed by atoms with Gasteiger partial charge in [-0.1, -0.05) is 12.1 Å². The highest BCUT2D eigenvalue weighted by atomic mass is 16.9. The molecule has 0 aliphatic heterocycles. The minimum atomic E-state index is -0.805. The average molecular weight is 312 g/mol. The van der Waals surface area contributed by atoms with Crippen LogP contribution in [0.3, 0.4) is 0 Å². The molecule has 0 radical (unpaired) electrons. The molecule has 1 aromatic carbocycles. The first-order chi connectivity index (χ1) is 10.3. The van der Waals surface area contributed by atoms with E-state index in [0.29, 0.717) is 13.0 Å². The fourth-order valence-electron chi connectivity index (χ4n) is 1.81. The highest BCUT2D eigenvalue weighted by Crippen LogP contribution is 2.13. The zero-order valence-electron chi connectivity index (χ0n) is 13.2. The van der Waals surface area contributed by atoms with Gasteiger partial charge in [0, 0.05) is 12.1 Å². The maximum absolute atomic E-state index is 10.1. The van der Waals surface area contributed by atoms with Crippen molar-refractivity contribution in [1.82, 2.24) is 5.32 Å². The zero-order chi connectivity index (χ0) is 16.6. The summed E-state index contributed by atoms with van der Waals surface area (Å²) in [4.78, 5) is 14.4. The van der Waals surface area contributed by atoms with E-state index in [9.17, 15) is 15.2 Å². The number of ether oxygens (including phenoxy) is 1. The number of aliphatic hydroxyl groups is 1. The predicted octanol–water partition coefficient (Wildman–Crippen LogP) is 1.70. The van der Waals surface area contributed by atoms with Crippen molar-refractivity contribution >= 4 is 0 Å². The van der Waals surface area contributed by atoms with E-state index in [-0.39, 0.29) is 18.8 Å². The van der Waals surface area contributed by atoms with E-state index < -0.39 is 11.2 Å². The second-order valence-electron chi connectivity index (χ2n) is 5.85. The van der Waals surface area contributed by atoms with Gasteiger partial charge in [0.25, 0.3) is 5.09 Å². The van der Waals surface area contributed by atoms with E-state index in [2.05, 4.69) is 10.2 Å². The normalized spacial score (nSPS) is 12.7. The highest BCUT2D eigenvalue weighted by molar-refractivity contribution is 5.27. The molecule has 7 heteroatoms. The van der Waals surface area contributed by atoms with Crippen LogP contribution in [-0.2, 0) is 4.84 Å². The Labute approximate surface area is 130 Å². The summed E-state index contributed by atoms with van der Waals surface area (Å²) in [6.45, 7) is 6.29. The Hall–Kier alpha value is -1.86. The van der Waals surface area contributed by atoms with Crippen LogP contribution >= 0.6 is 0 Å². The van der Waals surface area contributed by atoms with Gasteiger partial charge in [-0.15, -0.1) is 10.1 Å². The Morgan fingerprint density at radius 1 is 1.45 bits per heavy atom. The molecule has 0 aromatic heterocycles. The van der Waals surface area contributed by atoms with Crippen molar-refractivity contribution in [3.8, 4) is 5.75 Å². The van der Waals surface area contributed by atoms with Crippen molar-refractivity contribution in [2.24, 2.45) is 0 Å². The van der Waals surface area contributed by atoms with Gasteiger partial charge in [-0.05, 0) is 44.9 Å². The molecule has 1 atom stereocenters. The fraction of sp³-hybridized carbons (Fsp3) is 0.600. The maximum Gasteiger partial charge on any atom is 0.294 e. The highest BCUT2D eigenvalue weighted by Gasteiger charge is 2.19. The Morgan fingerprint density at radius 2 is 2.18 bits per heavy atom. The van der Waals surface area contributed by atoms with Gasteiger partial charge in [0.1, 0.15) is 18.5 Å². The number of hydrogen-bond donors (Lipinski definition) is 2. The van der Waals surface area contributed by atoms with Gasteiger partial charge in [-0.25, -0.2) is 0 Å². The number of rotatable bonds is 10. The summed E-state index contributed by atoms with van der Waals surface area (Å²) in [7, 11) is 0. The SMILES string of the molecule is Cc1cccc(OCC(O)CNC(C)(C)CCO[N+](=O)[O-])c1. The summed E-state index contributed by atoms with van der Waals surface area (Å²) in [6, 6.07) is 7.61. The summed E-state index contributed by atoms with van der Waals surface area (Å²) in [5.41, 5.74) is 0.720. The maximum atomic E-state index is 10.1. The van der Waals surface area contributed by atoms with E-state index >= 15 is 0 Å². The molecule has 0 fully saturated rings. The molecule has 22 heavy (non-hydrogen) atoms. The lowest BCUT2D eigenvalue weighted by Crippen LogP contribution is -2.45. The van der Waals surface area contributed by atoms with Gasteiger partial charge >= 0.3 is 0 Å². The fourth-order valence-corrected chi connectivity index (χ4v) is 1.81. The van der Waals surface area contributed by atoms with Crippen LogP contribution in [0.4, 0.5) is 0 Å². The van der Waals surface area contributed by atoms with Gasteiger partial charge in [-0.3, -0.25) is 0 Å². The minimum absolute atomic E-state index is 0.0168. The molecular formula is C15H24N2O5. The number of β-amino-alcohol motifs (C(OH)–C–C–N with tert-alkyl or cyclic N) is 1. The number of benzene rings is 1. The molecule has 0 bridgehead atoms. The van der Waals surface area contributed by atoms with Crippen LogP contribution in [0.5, 0.6) is 5.75 Å². The lowest BCUT2D eigenvalue weighted by molar-refractivity contribution is -0.758. The lowest BCUT2D eigenvalue weighted by Gasteiger charge is -2.27. The number of hydrogen-bond acceptors (Lipinski definition) is 6. The molecule has 0 spiro atoms. The van der Waals surface area contributed by atoms with E-state index in [4.69, 9.17) is 4.74 Å². The number of aryl methyl sites for hydroxylation is 1. The predicted molar refractivity (Wildman–Crippen MR) is 82.3 cm³/mol. The number of nitrogens with one attached hydrogen (secondary N) is 1. The standard InChI is InChI=1S/C15H24N2O5/c1-12-5-4-6-14(9-12)21-11-13(18)10-16-15(2,3)7-8-22-17(19)20/h4-6,9,13,16,18H,7-8,10-11H2,1-3H3. The molecule has 124 valence electrons. The van der Waals surface area contributed by atoms with E-state index in [1.54, 1.807) is 0 Å². The van der Waals surface area contributed by atoms with Crippen molar-refractivity contribution in [3.05, 3.63) is 39.9 Å². The summed E-state index contributed by atoms with van der Waals surface area (Å²) in [5.74, 6) is 0.720. The van der Waals surface area contributed by atoms with Gasteiger partial charge in [0.05, 0.1) is 6.61 Å². The molecule has 0 amide bonds. The topological polar surface area (TPSA) is 93.9 Å². The third-order valence-electron chi connectivity index (χ3n) is 3.17. The molecule has 0 saturated carbocycles. The van der Waals surface area contributed by atoms with Crippen LogP contribution in [0.25, 0.3) is 0 Å². The molecule has 1 unspecified atom stereocenters. The van der Waals surface area contributed by atoms with Gasteiger partial charge in [0.2, 0.25) is 0 Å². The molecular weight excluding hydrogens is 288 g/mol. The Bertz CT molecular complexity index is 479. The first-order valence-corrected chi connectivity index (χ1v) is 7.18. The van der Waals surface area contributed by atoms with Crippen molar-refractivity contribution in [1.29, 1.82) is 0 Å². The molecule has 1 rings (SSSR count). The largest absolute Gasteiger partial charge is 0.491 e. The average Bonchev–Trinajstić information content (AvgIpc) is 2.42. The van der Waals surface area contributed by atoms with Crippen LogP contribution in [0.1, 0.15) is 25.8 Å². The third-order valence-corrected chi connectivity index (χ3v) is 3.17. The molecule has 7 nitrogen and oxygen atoms in total. The zero-order valence-corrected chi connectivity index (χ0v) is 13.2. The molecule has 0 aliphatic rings. The number of nitrogens with zero attached hydrogens (tertiary/aromatic N) is 1. The van der Waals surface area contributed by atoms with E-state index in [1.807, 2.05) is 45.0 Å². The Morgan fingerprint density at radius 3 is 2.82 bits per heavy atom. The lowest BCUT2D eigenvalue weighted by atomic mass is 10.0. The van der Waals surface area contributed by atoms with Crippen molar-refractivity contribution in [2.75, 3.05) is 19.8 Å². The van der Waals surface area contributed by atoms with E-state index in [1.165, 1.54) is 0 Å². The second kappa shape index (κ2) is 8.55. The Balaban J connectivity index is 2.26. The number of aliphatic hydroxyl groups excluding tert-OH is 1. The van der Waals surface area contributed by atoms with Gasteiger partial charge < -0.3 is 20.0 Å².